The van der Waals surface area contributed by atoms with Gasteiger partial charge in [-0.2, -0.15) is 0 Å². The van der Waals surface area contributed by atoms with Gasteiger partial charge in [0, 0.05) is 12.1 Å². The number of nitrogens with zero attached hydrogens (tertiary/aromatic N) is 1. The molecule has 2 N–H and O–H groups in total. The van der Waals surface area contributed by atoms with E-state index >= 15 is 0 Å². The summed E-state index contributed by atoms with van der Waals surface area (Å²) in [7, 11) is 0. The molecule has 0 atom stereocenters. The molecule has 1 aromatic heterocycles. The summed E-state index contributed by atoms with van der Waals surface area (Å²) in [5.41, 5.74) is 7.83. The van der Waals surface area contributed by atoms with E-state index in [1.807, 2.05) is 12.1 Å². The Kier molecular flexibility index (Phi) is 2.43. The molecule has 1 heterocycles. The highest BCUT2D eigenvalue weighted by Gasteiger charge is 2.14. The predicted octanol–water partition coefficient (Wildman–Crippen LogP) is 3.47. The molecule has 80 valence electrons. The average molecular weight is 220 g/mol. The molecule has 0 unspecified atom stereocenters. The Balaban J connectivity index is 2.39. The molecule has 0 radical (unpaired) electrons. The number of aromatic nitrogens is 1. The first-order valence-corrected chi connectivity index (χ1v) is 5.91. The van der Waals surface area contributed by atoms with Gasteiger partial charge >= 0.3 is 0 Å². The summed E-state index contributed by atoms with van der Waals surface area (Å²) >= 11 is 1.77. The second-order valence-corrected chi connectivity index (χ2v) is 6.19. The summed E-state index contributed by atoms with van der Waals surface area (Å²) in [5.74, 6) is 0. The van der Waals surface area contributed by atoms with E-state index < -0.39 is 0 Å². The van der Waals surface area contributed by atoms with Crippen LogP contribution in [0.5, 0.6) is 0 Å². The predicted molar refractivity (Wildman–Crippen MR) is 67.2 cm³/mol. The molecule has 0 amide bonds. The van der Waals surface area contributed by atoms with Crippen molar-refractivity contribution in [1.29, 1.82) is 0 Å². The van der Waals surface area contributed by atoms with Gasteiger partial charge in [-0.05, 0) is 23.6 Å². The van der Waals surface area contributed by atoms with Gasteiger partial charge in [0.2, 0.25) is 0 Å². The van der Waals surface area contributed by atoms with Gasteiger partial charge in [0.15, 0.2) is 0 Å². The molecule has 2 nitrogen and oxygen atoms in total. The zero-order valence-corrected chi connectivity index (χ0v) is 10.2. The first kappa shape index (κ1) is 10.4. The maximum Gasteiger partial charge on any atom is 0.0943 e. The van der Waals surface area contributed by atoms with Crippen LogP contribution in [0.15, 0.2) is 18.2 Å². The molecule has 0 saturated carbocycles. The van der Waals surface area contributed by atoms with Gasteiger partial charge in [-0.3, -0.25) is 0 Å². The molecule has 1 aromatic carbocycles. The van der Waals surface area contributed by atoms with Crippen LogP contribution in [-0.4, -0.2) is 4.98 Å². The molecule has 0 bridgehead atoms. The van der Waals surface area contributed by atoms with Crippen LogP contribution in [0, 0.1) is 5.41 Å². The standard InChI is InChI=1S/C12H16N2S/c1-12(2,3)7-11-14-9-6-8(13)4-5-10(9)15-11/h4-6H,7,13H2,1-3H3. The van der Waals surface area contributed by atoms with Crippen LogP contribution in [0.3, 0.4) is 0 Å². The van der Waals surface area contributed by atoms with Crippen LogP contribution in [0.2, 0.25) is 0 Å². The van der Waals surface area contributed by atoms with E-state index in [0.717, 1.165) is 17.6 Å². The highest BCUT2D eigenvalue weighted by atomic mass is 32.1. The number of nitrogens with two attached hydrogens (primary N) is 1. The number of hydrogen-bond donors (Lipinski definition) is 1. The third kappa shape index (κ3) is 2.48. The minimum atomic E-state index is 0.291. The highest BCUT2D eigenvalue weighted by molar-refractivity contribution is 7.18. The first-order chi connectivity index (χ1) is 6.94. The molecule has 0 fully saturated rings. The van der Waals surface area contributed by atoms with E-state index in [2.05, 4.69) is 31.8 Å². The summed E-state index contributed by atoms with van der Waals surface area (Å²) in [4.78, 5) is 4.60. The number of fused-ring (bicyclic) bond motifs is 1. The molecular formula is C12H16N2S. The Labute approximate surface area is 94.1 Å². The van der Waals surface area contributed by atoms with Crippen LogP contribution < -0.4 is 5.73 Å². The van der Waals surface area contributed by atoms with Crippen molar-refractivity contribution in [1.82, 2.24) is 4.98 Å². The lowest BCUT2D eigenvalue weighted by atomic mass is 9.93. The van der Waals surface area contributed by atoms with E-state index in [1.54, 1.807) is 11.3 Å². The Bertz CT molecular complexity index is 480. The third-order valence-electron chi connectivity index (χ3n) is 2.14. The second kappa shape index (κ2) is 3.49. The van der Waals surface area contributed by atoms with Crippen LogP contribution >= 0.6 is 11.3 Å². The molecule has 0 aliphatic rings. The van der Waals surface area contributed by atoms with Crippen LogP contribution in [-0.2, 0) is 6.42 Å². The van der Waals surface area contributed by atoms with Crippen molar-refractivity contribution in [2.45, 2.75) is 27.2 Å². The SMILES string of the molecule is CC(C)(C)Cc1nc2cc(N)ccc2s1. The molecule has 15 heavy (non-hydrogen) atoms. The Morgan fingerprint density at radius 1 is 1.33 bits per heavy atom. The zero-order valence-electron chi connectivity index (χ0n) is 9.37. The van der Waals surface area contributed by atoms with E-state index in [9.17, 15) is 0 Å². The average Bonchev–Trinajstić information content (AvgIpc) is 2.42. The van der Waals surface area contributed by atoms with Gasteiger partial charge in [0.05, 0.1) is 15.2 Å². The summed E-state index contributed by atoms with van der Waals surface area (Å²) in [6, 6.07) is 5.92. The fourth-order valence-corrected chi connectivity index (χ4v) is 2.77. The number of anilines is 1. The van der Waals surface area contributed by atoms with Crippen molar-refractivity contribution < 1.29 is 0 Å². The molecule has 0 aliphatic carbocycles. The number of nitrogen functional groups attached to an aromatic ring is 1. The summed E-state index contributed by atoms with van der Waals surface area (Å²) in [5, 5.41) is 1.20. The van der Waals surface area contributed by atoms with Crippen molar-refractivity contribution >= 4 is 27.2 Å². The molecule has 0 aliphatic heterocycles. The maximum absolute atomic E-state index is 5.73. The normalized spacial score (nSPS) is 12.2. The van der Waals surface area contributed by atoms with Crippen molar-refractivity contribution in [2.75, 3.05) is 5.73 Å². The zero-order chi connectivity index (χ0) is 11.1. The van der Waals surface area contributed by atoms with Crippen LogP contribution in [0.25, 0.3) is 10.2 Å². The largest absolute Gasteiger partial charge is 0.399 e. The van der Waals surface area contributed by atoms with Crippen molar-refractivity contribution in [3.05, 3.63) is 23.2 Å². The van der Waals surface area contributed by atoms with Gasteiger partial charge in [-0.25, -0.2) is 4.98 Å². The Hall–Kier alpha value is -1.09. The van der Waals surface area contributed by atoms with E-state index in [1.165, 1.54) is 9.71 Å². The van der Waals surface area contributed by atoms with Crippen LogP contribution in [0.4, 0.5) is 5.69 Å². The maximum atomic E-state index is 5.73. The smallest absolute Gasteiger partial charge is 0.0943 e. The van der Waals surface area contributed by atoms with Gasteiger partial charge in [-0.1, -0.05) is 20.8 Å². The summed E-state index contributed by atoms with van der Waals surface area (Å²) in [6.07, 6.45) is 1.02. The third-order valence-corrected chi connectivity index (χ3v) is 3.17. The first-order valence-electron chi connectivity index (χ1n) is 5.09. The topological polar surface area (TPSA) is 38.9 Å². The number of hydrogen-bond acceptors (Lipinski definition) is 3. The summed E-state index contributed by atoms with van der Waals surface area (Å²) in [6.45, 7) is 6.69. The van der Waals surface area contributed by atoms with Crippen molar-refractivity contribution in [3.8, 4) is 0 Å². The highest BCUT2D eigenvalue weighted by Crippen LogP contribution is 2.28. The minimum Gasteiger partial charge on any atom is -0.399 e. The van der Waals surface area contributed by atoms with Gasteiger partial charge in [0.25, 0.3) is 0 Å². The fraction of sp³-hybridized carbons (Fsp3) is 0.417. The van der Waals surface area contributed by atoms with Gasteiger partial charge in [-0.15, -0.1) is 11.3 Å². The Morgan fingerprint density at radius 3 is 2.73 bits per heavy atom. The van der Waals surface area contributed by atoms with Crippen molar-refractivity contribution in [2.24, 2.45) is 5.41 Å². The van der Waals surface area contributed by atoms with Crippen molar-refractivity contribution in [3.63, 3.8) is 0 Å². The molecule has 0 saturated heterocycles. The fourth-order valence-electron chi connectivity index (χ4n) is 1.52. The van der Waals surface area contributed by atoms with Crippen LogP contribution in [0.1, 0.15) is 25.8 Å². The number of rotatable bonds is 1. The summed E-state index contributed by atoms with van der Waals surface area (Å²) < 4.78 is 1.23. The molecular weight excluding hydrogens is 204 g/mol. The van der Waals surface area contributed by atoms with E-state index in [4.69, 9.17) is 5.73 Å². The lowest BCUT2D eigenvalue weighted by Crippen LogP contribution is -2.08. The van der Waals surface area contributed by atoms with E-state index in [-0.39, 0.29) is 0 Å². The lowest BCUT2D eigenvalue weighted by Gasteiger charge is -2.15. The molecule has 0 spiro atoms. The number of benzene rings is 1. The molecule has 3 heteroatoms. The van der Waals surface area contributed by atoms with Gasteiger partial charge < -0.3 is 5.73 Å². The molecule has 2 aromatic rings. The van der Waals surface area contributed by atoms with E-state index in [0.29, 0.717) is 5.41 Å². The quantitative estimate of drug-likeness (QED) is 0.747. The van der Waals surface area contributed by atoms with Gasteiger partial charge in [0.1, 0.15) is 0 Å². The lowest BCUT2D eigenvalue weighted by molar-refractivity contribution is 0.411. The monoisotopic (exact) mass is 220 g/mol. The number of thiazole rings is 1. The molecule has 2 rings (SSSR count). The minimum absolute atomic E-state index is 0.291. The Morgan fingerprint density at radius 2 is 2.07 bits per heavy atom. The second-order valence-electron chi connectivity index (χ2n) is 5.07.